The van der Waals surface area contributed by atoms with Gasteiger partial charge in [0, 0.05) is 0 Å². The van der Waals surface area contributed by atoms with Gasteiger partial charge in [-0.2, -0.15) is 0 Å². The molecule has 41 unspecified atom stereocenters. The molecular weight excluding hydrogens is 2200 g/mol. The lowest BCUT2D eigenvalue weighted by Gasteiger charge is -2.61. The summed E-state index contributed by atoms with van der Waals surface area (Å²) < 4.78 is 0. The van der Waals surface area contributed by atoms with Gasteiger partial charge in [-0.25, -0.2) is 0 Å². The number of hydrogen-bond donors (Lipinski definition) is 0. The molecule has 0 aliphatic rings. The minimum absolute atomic E-state index is 0.229. The molecule has 0 spiro atoms. The van der Waals surface area contributed by atoms with Crippen LogP contribution in [-0.2, 0) is 0 Å². The van der Waals surface area contributed by atoms with Crippen LogP contribution in [0, 0.1) is 0 Å². The van der Waals surface area contributed by atoms with Crippen LogP contribution in [0.2, 0.25) is 0 Å². The molecule has 0 aromatic rings. The lowest BCUT2D eigenvalue weighted by molar-refractivity contribution is 4.32. The lowest BCUT2D eigenvalue weighted by Crippen LogP contribution is -1.74. The summed E-state index contributed by atoms with van der Waals surface area (Å²) in [6.45, 7) is -9.79. The highest BCUT2D eigenvalue weighted by Gasteiger charge is 2.63. The van der Waals surface area contributed by atoms with E-state index in [1.165, 1.54) is 0 Å². The summed E-state index contributed by atoms with van der Waals surface area (Å²) in [5, 5.41) is 0. The Morgan fingerprint density at radius 2 is 0.211 bits per heavy atom. The zero-order valence-electron chi connectivity index (χ0n) is 36.5. The summed E-state index contributed by atoms with van der Waals surface area (Å²) in [5.41, 5.74) is 0. The van der Waals surface area contributed by atoms with Crippen molar-refractivity contribution in [1.82, 2.24) is 0 Å². The molecule has 0 fully saturated rings. The minimum atomic E-state index is -0.367. The molecule has 0 rings (SSSR count). The van der Waals surface area contributed by atoms with Crippen molar-refractivity contribution in [2.24, 2.45) is 0 Å². The van der Waals surface area contributed by atoms with Crippen molar-refractivity contribution < 1.29 is 0 Å². The molecule has 0 nitrogen and oxygen atoms in total. The third-order valence-corrected chi connectivity index (χ3v) is 505. The molecule has 41 atom stereocenters. The Morgan fingerprint density at radius 1 is 0.127 bits per heavy atom. The number of hydrogen-bond acceptors (Lipinski definition) is 0. The van der Waals surface area contributed by atoms with Gasteiger partial charge < -0.3 is 0 Å². The molecule has 0 heterocycles. The minimum Gasteiger partial charge on any atom is -0.109 e. The van der Waals surface area contributed by atoms with Crippen LogP contribution < -0.4 is 0 Å². The van der Waals surface area contributed by atoms with Crippen molar-refractivity contribution in [3.05, 3.63) is 0 Å². The summed E-state index contributed by atoms with van der Waals surface area (Å²) in [6.07, 6.45) is 0. The van der Waals surface area contributed by atoms with E-state index in [4.69, 9.17) is 0 Å². The Balaban J connectivity index is 11.8. The fraction of sp³-hybridized carbons (Fsp3) is 0. The van der Waals surface area contributed by atoms with E-state index in [0.29, 0.717) is 0 Å². The van der Waals surface area contributed by atoms with Gasteiger partial charge in [-0.15, -0.1) is 321 Å². The molecule has 0 bridgehead atoms. The highest BCUT2D eigenvalue weighted by molar-refractivity contribution is 9.56. The van der Waals surface area contributed by atoms with Crippen molar-refractivity contribution in [1.29, 1.82) is 0 Å². The molecular formula is H73P71. The normalized spacial score (nSPS) is 16.3. The first-order valence-corrected chi connectivity index (χ1v) is 145. The quantitative estimate of drug-likeness (QED) is 0.0564. The van der Waals surface area contributed by atoms with Gasteiger partial charge in [0.1, 0.15) is 0 Å². The predicted octanol–water partition coefficient (Wildman–Crippen LogP) is 41.6. The second kappa shape index (κ2) is 55.9. The highest BCUT2D eigenvalue weighted by Crippen LogP contribution is 3.50. The molecule has 0 aromatic carbocycles. The molecule has 0 aliphatic heterocycles. The summed E-state index contributed by atoms with van der Waals surface area (Å²) in [7, 11) is 132. The van der Waals surface area contributed by atoms with Gasteiger partial charge in [0.2, 0.25) is 0 Å². The zero-order valence-corrected chi connectivity index (χ0v) is 109. The van der Waals surface area contributed by atoms with Crippen LogP contribution in [0.5, 0.6) is 0 Å². The molecule has 0 aliphatic carbocycles. The standard InChI is InChI=1S/H73P71/c1-37-55(36)64(54(34)35)69(65(56(38(2)3)39(4)5)57(40(6)7)41(8)9)71(68(62(50(26)27)51(28)29)63(52(30)31)53(32)33)70(66(58(42(10)11)43(12)13)59(44(14)15)45(16)17)67(60(46(18)19)47(20)21)61(48(22)23)49(24)25/h37H,1-36H2. The van der Waals surface area contributed by atoms with E-state index in [2.05, 4.69) is 321 Å². The van der Waals surface area contributed by atoms with E-state index >= 15 is 0 Å². The topological polar surface area (TPSA) is 0 Å². The Bertz CT molecular complexity index is 1160. The van der Waals surface area contributed by atoms with Gasteiger partial charge >= 0.3 is 0 Å². The van der Waals surface area contributed by atoms with Gasteiger partial charge in [-0.05, 0) is 238 Å². The summed E-state index contributed by atoms with van der Waals surface area (Å²) in [5.74, 6) is 0. The maximum atomic E-state index is 3.78. The maximum Gasteiger partial charge on any atom is -0.00000778 e. The average molecular weight is 2270 g/mol. The van der Waals surface area contributed by atoms with Crippen LogP contribution in [0.3, 0.4) is 0 Å². The van der Waals surface area contributed by atoms with Crippen LogP contribution in [0.15, 0.2) is 0 Å². The monoisotopic (exact) mass is 2270 g/mol. The van der Waals surface area contributed by atoms with Crippen LogP contribution >= 0.6 is 567 Å². The first kappa shape index (κ1) is 102. The van der Waals surface area contributed by atoms with Crippen LogP contribution in [0.25, 0.3) is 0 Å². The molecule has 428 valence electrons. The first-order valence-electron chi connectivity index (χ1n) is 16.1. The lowest BCUT2D eigenvalue weighted by atomic mass is 28.4. The summed E-state index contributed by atoms with van der Waals surface area (Å²) in [4.78, 5) is 0. The van der Waals surface area contributed by atoms with Crippen molar-refractivity contribution in [2.45, 2.75) is 0 Å². The molecule has 0 amide bonds. The van der Waals surface area contributed by atoms with E-state index < -0.39 is 0 Å². The largest absolute Gasteiger partial charge is 0.109 e. The van der Waals surface area contributed by atoms with Crippen molar-refractivity contribution in [3.8, 4) is 0 Å². The van der Waals surface area contributed by atoms with Gasteiger partial charge in [-0.1, -0.05) is 7.96 Å². The van der Waals surface area contributed by atoms with Crippen LogP contribution in [0.1, 0.15) is 0 Å². The van der Waals surface area contributed by atoms with Crippen LogP contribution in [-0.4, -0.2) is 0 Å². The first-order chi connectivity index (χ1) is 32.3. The molecule has 0 saturated carbocycles. The van der Waals surface area contributed by atoms with Crippen LogP contribution in [0.4, 0.5) is 0 Å². The highest BCUT2D eigenvalue weighted by atomic mass is 33.6. The van der Waals surface area contributed by atoms with E-state index in [0.717, 1.165) is 7.96 Å². The van der Waals surface area contributed by atoms with Gasteiger partial charge in [0.15, 0.2) is 0 Å². The Kier molecular flexibility index (Phi) is 79.9. The smallest absolute Gasteiger partial charge is 0.00000778 e. The SMILES string of the molecule is PPP(P)P(P(P)P)P(P(P(P(P)P)P(P)P)P(P(P)P)P(P)P)P(P(P(P(P)P)P(P)P)P(P(P)P)P(P)P)P(P(P(P(P)P)P(P)P)P(P(P)P)P(P)P)P(P(P(P)P)P(P)P)P(P(P)P)P(P)P. The van der Waals surface area contributed by atoms with E-state index in [1.807, 2.05) is 0 Å². The van der Waals surface area contributed by atoms with Gasteiger partial charge in [0.05, 0.1) is 0 Å². The van der Waals surface area contributed by atoms with Crippen molar-refractivity contribution in [2.75, 3.05) is 0 Å². The van der Waals surface area contributed by atoms with Gasteiger partial charge in [0.25, 0.3) is 0 Å². The summed E-state index contributed by atoms with van der Waals surface area (Å²) in [6, 6.07) is 0. The molecule has 71 heteroatoms. The molecule has 71 heavy (non-hydrogen) atoms. The number of rotatable bonds is 34. The Labute approximate surface area is 558 Å². The zero-order chi connectivity index (χ0) is 56.3. The van der Waals surface area contributed by atoms with Crippen molar-refractivity contribution in [3.63, 3.8) is 0 Å². The van der Waals surface area contributed by atoms with Gasteiger partial charge in [-0.3, -0.25) is 0 Å². The van der Waals surface area contributed by atoms with E-state index in [1.54, 1.807) is 0 Å². The summed E-state index contributed by atoms with van der Waals surface area (Å²) >= 11 is 0. The fourth-order valence-electron chi connectivity index (χ4n) is 4.28. The Morgan fingerprint density at radius 3 is 0.296 bits per heavy atom. The van der Waals surface area contributed by atoms with Crippen molar-refractivity contribution >= 4 is 567 Å². The molecule has 0 N–H and O–H groups in total. The Hall–Kier alpha value is 30.5. The third kappa shape index (κ3) is 36.1. The molecule has 0 saturated heterocycles. The van der Waals surface area contributed by atoms with E-state index in [-0.39, 0.29) is 238 Å². The predicted molar refractivity (Wildman–Crippen MR) is 593 cm³/mol. The second-order valence-corrected chi connectivity index (χ2v) is 303. The molecule has 0 radical (unpaired) electrons. The molecule has 0 aromatic heterocycles. The van der Waals surface area contributed by atoms with E-state index in [9.17, 15) is 0 Å². The third-order valence-electron chi connectivity index (χ3n) is 6.24. The average Bonchev–Trinajstić information content (AvgIpc) is 3.15. The fourth-order valence-corrected chi connectivity index (χ4v) is 1040. The second-order valence-electron chi connectivity index (χ2n) is 11.2. The maximum absolute atomic E-state index is 3.78.